The topological polar surface area (TPSA) is 9.23 Å². The molecule has 10 heteroatoms. The molecule has 1 aliphatic rings. The summed E-state index contributed by atoms with van der Waals surface area (Å²) in [5.41, 5.74) is 0. The molecule has 1 heterocycles. The molecule has 1 saturated heterocycles. The lowest BCUT2D eigenvalue weighted by molar-refractivity contribution is -0.345. The van der Waals surface area contributed by atoms with E-state index in [1.165, 1.54) is 11.8 Å². The fraction of sp³-hybridized carbons (Fsp3) is 1.00. The Bertz CT molecular complexity index is 291. The second-order valence-corrected chi connectivity index (χ2v) is 5.01. The molecule has 1 aliphatic heterocycles. The number of rotatable bonds is 7. The third-order valence-electron chi connectivity index (χ3n) is 2.14. The maximum atomic E-state index is 12.8. The lowest BCUT2D eigenvalue weighted by atomic mass is 10.1. The van der Waals surface area contributed by atoms with Gasteiger partial charge in [-0.15, -0.1) is 0 Å². The van der Waals surface area contributed by atoms with Gasteiger partial charge in [-0.05, 0) is 0 Å². The van der Waals surface area contributed by atoms with Crippen LogP contribution in [-0.4, -0.2) is 48.4 Å². The largest absolute Gasteiger partial charge is 0.380 e. The van der Waals surface area contributed by atoms with Gasteiger partial charge in [-0.25, -0.2) is 8.78 Å². The van der Waals surface area contributed by atoms with Gasteiger partial charge in [-0.2, -0.15) is 38.1 Å². The summed E-state index contributed by atoms with van der Waals surface area (Å²) < 4.78 is 103. The molecule has 0 aliphatic carbocycles. The Morgan fingerprint density at radius 3 is 2.00 bits per heavy atom. The van der Waals surface area contributed by atoms with Gasteiger partial charge in [0.05, 0.1) is 6.61 Å². The van der Waals surface area contributed by atoms with E-state index in [1.54, 1.807) is 0 Å². The summed E-state index contributed by atoms with van der Waals surface area (Å²) in [6.07, 6.45) is -4.89. The van der Waals surface area contributed by atoms with Crippen molar-refractivity contribution in [2.45, 2.75) is 29.4 Å². The number of ether oxygens (including phenoxy) is 1. The van der Waals surface area contributed by atoms with Crippen LogP contribution in [-0.2, 0) is 4.74 Å². The van der Waals surface area contributed by atoms with E-state index in [9.17, 15) is 35.1 Å². The van der Waals surface area contributed by atoms with Gasteiger partial charge in [-0.1, -0.05) is 0 Å². The van der Waals surface area contributed by atoms with Gasteiger partial charge >= 0.3 is 24.2 Å². The average molecular weight is 304 g/mol. The molecule has 0 amide bonds. The Balaban J connectivity index is 2.66. The van der Waals surface area contributed by atoms with Crippen LogP contribution in [0.1, 0.15) is 0 Å². The van der Waals surface area contributed by atoms with Gasteiger partial charge in [0.25, 0.3) is 0 Å². The van der Waals surface area contributed by atoms with Crippen LogP contribution in [0, 0.1) is 0 Å². The highest BCUT2D eigenvalue weighted by molar-refractivity contribution is 8.06. The van der Waals surface area contributed by atoms with Crippen molar-refractivity contribution >= 4 is 11.8 Å². The van der Waals surface area contributed by atoms with Crippen LogP contribution in [0.5, 0.6) is 0 Å². The Hall–Kier alpha value is -0.250. The van der Waals surface area contributed by atoms with Gasteiger partial charge in [0.15, 0.2) is 0 Å². The molecule has 0 aromatic rings. The second-order valence-electron chi connectivity index (χ2n) is 3.67. The number of alkyl halides is 8. The quantitative estimate of drug-likeness (QED) is 0.527. The van der Waals surface area contributed by atoms with E-state index in [1.807, 2.05) is 0 Å². The minimum Gasteiger partial charge on any atom is -0.374 e. The van der Waals surface area contributed by atoms with Gasteiger partial charge in [0.1, 0.15) is 6.61 Å². The molecule has 0 N–H and O–H groups in total. The molecule has 0 bridgehead atoms. The van der Waals surface area contributed by atoms with Crippen molar-refractivity contribution in [1.82, 2.24) is 0 Å². The van der Waals surface area contributed by atoms with E-state index in [0.717, 1.165) is 0 Å². The van der Waals surface area contributed by atoms with Crippen molar-refractivity contribution in [2.24, 2.45) is 0 Å². The molecule has 0 aromatic carbocycles. The van der Waals surface area contributed by atoms with Crippen molar-refractivity contribution < 1.29 is 39.9 Å². The van der Waals surface area contributed by atoms with Crippen LogP contribution < -0.4 is 0 Å². The third kappa shape index (κ3) is 3.01. The van der Waals surface area contributed by atoms with Crippen LogP contribution in [0.25, 0.3) is 0 Å². The smallest absolute Gasteiger partial charge is 0.374 e. The normalized spacial score (nSPS) is 21.5. The SMILES string of the molecule is FC(F)C(F)(F)C(F)(F)C(F)(F)COCC1CS1. The zero-order chi connectivity index (χ0) is 14.2. The van der Waals surface area contributed by atoms with Crippen molar-refractivity contribution in [2.75, 3.05) is 19.0 Å². The molecular weight excluding hydrogens is 296 g/mol. The predicted molar refractivity (Wildman–Crippen MR) is 47.9 cm³/mol. The number of thioether (sulfide) groups is 1. The maximum Gasteiger partial charge on any atom is 0.380 e. The van der Waals surface area contributed by atoms with E-state index < -0.39 is 30.8 Å². The minimum absolute atomic E-state index is 0.134. The number of halogens is 8. The van der Waals surface area contributed by atoms with Crippen molar-refractivity contribution in [1.29, 1.82) is 0 Å². The molecule has 1 atom stereocenters. The average Bonchev–Trinajstić information content (AvgIpc) is 3.00. The lowest BCUT2D eigenvalue weighted by Gasteiger charge is -2.31. The van der Waals surface area contributed by atoms with Crippen LogP contribution in [0.2, 0.25) is 0 Å². The third-order valence-corrected chi connectivity index (χ3v) is 3.08. The number of hydrogen-bond donors (Lipinski definition) is 0. The molecule has 1 unspecified atom stereocenters. The van der Waals surface area contributed by atoms with Gasteiger partial charge in [-0.3, -0.25) is 0 Å². The zero-order valence-electron chi connectivity index (χ0n) is 8.62. The van der Waals surface area contributed by atoms with Gasteiger partial charge < -0.3 is 4.74 Å². The Morgan fingerprint density at radius 1 is 1.11 bits per heavy atom. The Labute approximate surface area is 101 Å². The zero-order valence-corrected chi connectivity index (χ0v) is 9.43. The first-order chi connectivity index (χ1) is 8.02. The van der Waals surface area contributed by atoms with E-state index in [-0.39, 0.29) is 11.9 Å². The summed E-state index contributed by atoms with van der Waals surface area (Å²) in [5.74, 6) is -17.1. The molecule has 0 aromatic heterocycles. The molecule has 0 saturated carbocycles. The highest BCUT2D eigenvalue weighted by atomic mass is 32.2. The first-order valence-electron chi connectivity index (χ1n) is 4.63. The molecule has 1 rings (SSSR count). The van der Waals surface area contributed by atoms with Crippen molar-refractivity contribution in [3.05, 3.63) is 0 Å². The monoisotopic (exact) mass is 304 g/mol. The molecule has 108 valence electrons. The van der Waals surface area contributed by atoms with E-state index in [0.29, 0.717) is 5.75 Å². The molecular formula is C8H8F8OS. The van der Waals surface area contributed by atoms with Gasteiger partial charge in [0, 0.05) is 11.0 Å². The van der Waals surface area contributed by atoms with Gasteiger partial charge in [0.2, 0.25) is 0 Å². The van der Waals surface area contributed by atoms with E-state index in [4.69, 9.17) is 0 Å². The molecule has 0 radical (unpaired) electrons. The molecule has 1 fully saturated rings. The van der Waals surface area contributed by atoms with Crippen LogP contribution in [0.4, 0.5) is 35.1 Å². The summed E-state index contributed by atoms with van der Waals surface area (Å²) >= 11 is 1.31. The van der Waals surface area contributed by atoms with Crippen LogP contribution in [0.15, 0.2) is 0 Å². The summed E-state index contributed by atoms with van der Waals surface area (Å²) in [6.45, 7) is -2.34. The van der Waals surface area contributed by atoms with Crippen molar-refractivity contribution in [3.8, 4) is 0 Å². The second kappa shape index (κ2) is 5.03. The van der Waals surface area contributed by atoms with Crippen LogP contribution >= 0.6 is 11.8 Å². The molecule has 0 spiro atoms. The summed E-state index contributed by atoms with van der Waals surface area (Å²) in [5, 5.41) is -0.134. The molecule has 18 heavy (non-hydrogen) atoms. The summed E-state index contributed by atoms with van der Waals surface area (Å²) in [4.78, 5) is 0. The van der Waals surface area contributed by atoms with E-state index in [2.05, 4.69) is 4.74 Å². The van der Waals surface area contributed by atoms with Crippen LogP contribution in [0.3, 0.4) is 0 Å². The lowest BCUT2D eigenvalue weighted by Crippen LogP contribution is -2.59. The first kappa shape index (κ1) is 15.8. The Morgan fingerprint density at radius 2 is 1.61 bits per heavy atom. The van der Waals surface area contributed by atoms with Crippen molar-refractivity contribution in [3.63, 3.8) is 0 Å². The standard InChI is InChI=1S/C8H8F8OS/c9-5(10)7(13,14)8(15,16)6(11,12)3-17-1-4-2-18-4/h4-5H,1-3H2. The minimum atomic E-state index is -6.18. The summed E-state index contributed by atoms with van der Waals surface area (Å²) in [7, 11) is 0. The summed E-state index contributed by atoms with van der Waals surface area (Å²) in [6, 6.07) is 0. The highest BCUT2D eigenvalue weighted by Gasteiger charge is 2.75. The number of hydrogen-bond acceptors (Lipinski definition) is 2. The maximum absolute atomic E-state index is 12.8. The fourth-order valence-electron chi connectivity index (χ4n) is 0.954. The first-order valence-corrected chi connectivity index (χ1v) is 5.68. The molecule has 1 nitrogen and oxygen atoms in total. The fourth-order valence-corrected chi connectivity index (χ4v) is 1.38. The Kier molecular flexibility index (Phi) is 4.41. The van der Waals surface area contributed by atoms with E-state index >= 15 is 0 Å². The highest BCUT2D eigenvalue weighted by Crippen LogP contribution is 2.48. The predicted octanol–water partition coefficient (Wildman–Crippen LogP) is 3.29.